The average molecular weight is 242 g/mol. The smallest absolute Gasteiger partial charge is 0.0587 e. The van der Waals surface area contributed by atoms with Gasteiger partial charge in [-0.05, 0) is 25.2 Å². The third-order valence-electron chi connectivity index (χ3n) is 3.87. The van der Waals surface area contributed by atoms with Gasteiger partial charge in [0.15, 0.2) is 0 Å². The van der Waals surface area contributed by atoms with E-state index in [1.807, 2.05) is 0 Å². The van der Waals surface area contributed by atoms with E-state index in [-0.39, 0.29) is 0 Å². The van der Waals surface area contributed by atoms with Crippen LogP contribution in [-0.2, 0) is 4.74 Å². The van der Waals surface area contributed by atoms with Crippen LogP contribution in [0.3, 0.4) is 0 Å². The molecule has 17 heavy (non-hydrogen) atoms. The number of rotatable bonds is 8. The van der Waals surface area contributed by atoms with Gasteiger partial charge >= 0.3 is 0 Å². The second-order valence-electron chi connectivity index (χ2n) is 5.85. The monoisotopic (exact) mass is 242 g/mol. The highest BCUT2D eigenvalue weighted by Gasteiger charge is 2.26. The van der Waals surface area contributed by atoms with Crippen molar-refractivity contribution in [2.75, 3.05) is 33.4 Å². The molecule has 1 saturated carbocycles. The van der Waals surface area contributed by atoms with Crippen LogP contribution in [0.4, 0.5) is 0 Å². The van der Waals surface area contributed by atoms with Crippen LogP contribution in [0.25, 0.3) is 0 Å². The average Bonchev–Trinajstić information content (AvgIpc) is 2.33. The minimum Gasteiger partial charge on any atom is -0.383 e. The van der Waals surface area contributed by atoms with Crippen LogP contribution >= 0.6 is 0 Å². The fourth-order valence-electron chi connectivity index (χ4n) is 2.57. The highest BCUT2D eigenvalue weighted by molar-refractivity contribution is 4.81. The van der Waals surface area contributed by atoms with E-state index in [0.717, 1.165) is 19.7 Å². The molecule has 3 nitrogen and oxygen atoms in total. The molecular formula is C14H30N2O. The Hall–Kier alpha value is -0.120. The second-order valence-corrected chi connectivity index (χ2v) is 5.85. The highest BCUT2D eigenvalue weighted by Crippen LogP contribution is 2.34. The molecule has 1 aliphatic carbocycles. The Balaban J connectivity index is 2.07. The summed E-state index contributed by atoms with van der Waals surface area (Å²) < 4.78 is 5.01. The first-order valence-corrected chi connectivity index (χ1v) is 7.09. The number of methoxy groups -OCH3 is 1. The predicted octanol–water partition coefficient (Wildman–Crippen LogP) is 2.17. The van der Waals surface area contributed by atoms with Gasteiger partial charge in [0.05, 0.1) is 6.61 Å². The number of hydrogen-bond acceptors (Lipinski definition) is 3. The summed E-state index contributed by atoms with van der Waals surface area (Å²) >= 11 is 0. The normalized spacial score (nSPS) is 21.4. The molecule has 102 valence electrons. The van der Waals surface area contributed by atoms with Crippen LogP contribution in [0, 0.1) is 5.41 Å². The lowest BCUT2D eigenvalue weighted by atomic mass is 9.75. The first kappa shape index (κ1) is 14.9. The molecule has 1 fully saturated rings. The Morgan fingerprint density at radius 1 is 1.24 bits per heavy atom. The van der Waals surface area contributed by atoms with Crippen molar-refractivity contribution in [1.82, 2.24) is 10.6 Å². The molecule has 0 aromatic heterocycles. The standard InChI is InChI=1S/C14H30N2O/c1-13(11-15-9-10-17-3)16-12-14(2)7-5-4-6-8-14/h13,15-16H,4-12H2,1-3H3. The van der Waals surface area contributed by atoms with E-state index in [4.69, 9.17) is 4.74 Å². The lowest BCUT2D eigenvalue weighted by molar-refractivity contribution is 0.192. The van der Waals surface area contributed by atoms with E-state index in [2.05, 4.69) is 24.5 Å². The fourth-order valence-corrected chi connectivity index (χ4v) is 2.57. The molecule has 3 heteroatoms. The van der Waals surface area contributed by atoms with Crippen LogP contribution in [0.15, 0.2) is 0 Å². The maximum absolute atomic E-state index is 5.01. The van der Waals surface area contributed by atoms with Crippen molar-refractivity contribution in [2.24, 2.45) is 5.41 Å². The van der Waals surface area contributed by atoms with Gasteiger partial charge in [-0.1, -0.05) is 26.2 Å². The van der Waals surface area contributed by atoms with Crippen molar-refractivity contribution in [2.45, 2.75) is 52.0 Å². The van der Waals surface area contributed by atoms with Crippen molar-refractivity contribution < 1.29 is 4.74 Å². The minimum absolute atomic E-state index is 0.541. The van der Waals surface area contributed by atoms with Gasteiger partial charge in [-0.3, -0.25) is 0 Å². The molecule has 1 rings (SSSR count). The third-order valence-corrected chi connectivity index (χ3v) is 3.87. The first-order chi connectivity index (χ1) is 8.16. The summed E-state index contributed by atoms with van der Waals surface area (Å²) in [5.74, 6) is 0. The van der Waals surface area contributed by atoms with E-state index in [0.29, 0.717) is 11.5 Å². The van der Waals surface area contributed by atoms with Crippen molar-refractivity contribution in [3.8, 4) is 0 Å². The zero-order chi connectivity index (χ0) is 12.6. The van der Waals surface area contributed by atoms with Crippen molar-refractivity contribution in [3.63, 3.8) is 0 Å². The molecule has 1 aliphatic rings. The molecule has 0 aromatic carbocycles. The number of nitrogens with one attached hydrogen (secondary N) is 2. The lowest BCUT2D eigenvalue weighted by Gasteiger charge is -2.35. The Morgan fingerprint density at radius 3 is 2.59 bits per heavy atom. The molecule has 0 bridgehead atoms. The van der Waals surface area contributed by atoms with Crippen LogP contribution in [-0.4, -0.2) is 39.4 Å². The Kier molecular flexibility index (Phi) is 7.09. The number of hydrogen-bond donors (Lipinski definition) is 2. The summed E-state index contributed by atoms with van der Waals surface area (Å²) in [6.45, 7) is 8.63. The summed E-state index contributed by atoms with van der Waals surface area (Å²) in [6, 6.07) is 0.547. The predicted molar refractivity (Wildman–Crippen MR) is 73.4 cm³/mol. The third kappa shape index (κ3) is 6.39. The molecule has 1 unspecified atom stereocenters. The van der Waals surface area contributed by atoms with Gasteiger partial charge in [-0.2, -0.15) is 0 Å². The van der Waals surface area contributed by atoms with Crippen LogP contribution in [0.2, 0.25) is 0 Å². The quantitative estimate of drug-likeness (QED) is 0.640. The van der Waals surface area contributed by atoms with E-state index in [9.17, 15) is 0 Å². The van der Waals surface area contributed by atoms with Gasteiger partial charge in [0.1, 0.15) is 0 Å². The van der Waals surface area contributed by atoms with Gasteiger partial charge in [0.2, 0.25) is 0 Å². The topological polar surface area (TPSA) is 33.3 Å². The lowest BCUT2D eigenvalue weighted by Crippen LogP contribution is -2.43. The minimum atomic E-state index is 0.541. The Morgan fingerprint density at radius 2 is 1.94 bits per heavy atom. The van der Waals surface area contributed by atoms with E-state index in [1.54, 1.807) is 7.11 Å². The van der Waals surface area contributed by atoms with Gasteiger partial charge in [0.25, 0.3) is 0 Å². The van der Waals surface area contributed by atoms with Crippen molar-refractivity contribution >= 4 is 0 Å². The SMILES string of the molecule is COCCNCC(C)NCC1(C)CCCCC1. The molecule has 1 atom stereocenters. The van der Waals surface area contributed by atoms with Gasteiger partial charge in [-0.25, -0.2) is 0 Å². The fraction of sp³-hybridized carbons (Fsp3) is 1.00. The first-order valence-electron chi connectivity index (χ1n) is 7.09. The maximum Gasteiger partial charge on any atom is 0.0587 e. The number of ether oxygens (including phenoxy) is 1. The summed E-state index contributed by atoms with van der Waals surface area (Å²) in [5.41, 5.74) is 0.541. The van der Waals surface area contributed by atoms with Gasteiger partial charge < -0.3 is 15.4 Å². The van der Waals surface area contributed by atoms with Crippen LogP contribution in [0.1, 0.15) is 46.0 Å². The molecule has 0 heterocycles. The van der Waals surface area contributed by atoms with Crippen LogP contribution < -0.4 is 10.6 Å². The molecular weight excluding hydrogens is 212 g/mol. The zero-order valence-corrected chi connectivity index (χ0v) is 11.8. The maximum atomic E-state index is 5.01. The summed E-state index contributed by atoms with van der Waals surface area (Å²) in [4.78, 5) is 0. The molecule has 0 spiro atoms. The van der Waals surface area contributed by atoms with Crippen molar-refractivity contribution in [1.29, 1.82) is 0 Å². The molecule has 0 aromatic rings. The molecule has 0 radical (unpaired) electrons. The summed E-state index contributed by atoms with van der Waals surface area (Å²) in [6.07, 6.45) is 7.05. The van der Waals surface area contributed by atoms with Gasteiger partial charge in [0, 0.05) is 32.8 Å². The Labute approximate surface area is 107 Å². The summed E-state index contributed by atoms with van der Waals surface area (Å²) in [5, 5.41) is 7.07. The van der Waals surface area contributed by atoms with E-state index in [1.165, 1.54) is 38.6 Å². The molecule has 0 saturated heterocycles. The second kappa shape index (κ2) is 8.06. The van der Waals surface area contributed by atoms with E-state index >= 15 is 0 Å². The van der Waals surface area contributed by atoms with Crippen LogP contribution in [0.5, 0.6) is 0 Å². The van der Waals surface area contributed by atoms with E-state index < -0.39 is 0 Å². The zero-order valence-electron chi connectivity index (χ0n) is 11.8. The van der Waals surface area contributed by atoms with Gasteiger partial charge in [-0.15, -0.1) is 0 Å². The summed E-state index contributed by atoms with van der Waals surface area (Å²) in [7, 11) is 1.74. The van der Waals surface area contributed by atoms with Crippen molar-refractivity contribution in [3.05, 3.63) is 0 Å². The molecule has 0 amide bonds. The largest absolute Gasteiger partial charge is 0.383 e. The molecule has 0 aliphatic heterocycles. The molecule has 2 N–H and O–H groups in total. The Bertz CT molecular complexity index is 191. The highest BCUT2D eigenvalue weighted by atomic mass is 16.5.